The summed E-state index contributed by atoms with van der Waals surface area (Å²) in [5, 5.41) is 2.68. The van der Waals surface area contributed by atoms with Crippen LogP contribution in [0.25, 0.3) is 0 Å². The zero-order chi connectivity index (χ0) is 22.7. The minimum absolute atomic E-state index is 0.0284. The number of amidine groups is 1. The van der Waals surface area contributed by atoms with Gasteiger partial charge >= 0.3 is 0 Å². The Kier molecular flexibility index (Phi) is 6.76. The highest BCUT2D eigenvalue weighted by atomic mass is 16.5. The Balaban J connectivity index is 1.50. The van der Waals surface area contributed by atoms with E-state index in [2.05, 4.69) is 15.2 Å². The number of aliphatic imine (C=N–C) groups is 1. The van der Waals surface area contributed by atoms with E-state index in [0.29, 0.717) is 37.0 Å². The van der Waals surface area contributed by atoms with Gasteiger partial charge in [-0.15, -0.1) is 0 Å². The number of amides is 2. The minimum atomic E-state index is -0.520. The lowest BCUT2D eigenvalue weighted by Crippen LogP contribution is -2.47. The van der Waals surface area contributed by atoms with Crippen molar-refractivity contribution in [3.8, 4) is 5.75 Å². The Labute approximate surface area is 188 Å². The maximum absolute atomic E-state index is 13.6. The van der Waals surface area contributed by atoms with Crippen molar-refractivity contribution in [3.05, 3.63) is 41.6 Å². The molecule has 3 aliphatic heterocycles. The predicted molar refractivity (Wildman–Crippen MR) is 122 cm³/mol. The summed E-state index contributed by atoms with van der Waals surface area (Å²) < 4.78 is 5.59. The molecule has 9 heteroatoms. The Hall–Kier alpha value is -2.91. The first-order valence-electron chi connectivity index (χ1n) is 11.2. The van der Waals surface area contributed by atoms with Crippen LogP contribution in [0, 0.1) is 5.92 Å². The lowest BCUT2D eigenvalue weighted by molar-refractivity contribution is -0.122. The lowest BCUT2D eigenvalue weighted by atomic mass is 9.95. The van der Waals surface area contributed by atoms with Gasteiger partial charge in [0.15, 0.2) is 6.29 Å². The third-order valence-corrected chi connectivity index (χ3v) is 6.39. The number of nitrogens with zero attached hydrogens (tertiary/aromatic N) is 4. The molecule has 2 amide bonds. The fourth-order valence-corrected chi connectivity index (χ4v) is 4.33. The molecule has 3 heterocycles. The van der Waals surface area contributed by atoms with E-state index in [1.54, 1.807) is 16.8 Å². The van der Waals surface area contributed by atoms with Crippen LogP contribution in [0.4, 0.5) is 0 Å². The highest BCUT2D eigenvalue weighted by Gasteiger charge is 2.29. The van der Waals surface area contributed by atoms with Gasteiger partial charge in [0.2, 0.25) is 5.91 Å². The average molecular weight is 441 g/mol. The zero-order valence-corrected chi connectivity index (χ0v) is 18.8. The number of fused-ring (bicyclic) bond motifs is 1. The van der Waals surface area contributed by atoms with Crippen LogP contribution in [0.1, 0.15) is 28.8 Å². The second-order valence-electron chi connectivity index (χ2n) is 8.61. The van der Waals surface area contributed by atoms with Crippen LogP contribution in [0.3, 0.4) is 0 Å². The zero-order valence-electron chi connectivity index (χ0n) is 18.8. The molecule has 1 aromatic rings. The van der Waals surface area contributed by atoms with Crippen molar-refractivity contribution in [2.24, 2.45) is 16.6 Å². The van der Waals surface area contributed by atoms with Gasteiger partial charge in [-0.1, -0.05) is 0 Å². The molecular formula is C23H32N6O3. The molecule has 172 valence electrons. The van der Waals surface area contributed by atoms with E-state index >= 15 is 0 Å². The fourth-order valence-electron chi connectivity index (χ4n) is 4.33. The van der Waals surface area contributed by atoms with E-state index in [4.69, 9.17) is 10.5 Å². The molecule has 3 N–H and O–H groups in total. The monoisotopic (exact) mass is 440 g/mol. The van der Waals surface area contributed by atoms with Crippen LogP contribution in [-0.2, 0) is 11.2 Å². The molecule has 0 bridgehead atoms. The molecule has 3 aliphatic rings. The van der Waals surface area contributed by atoms with Crippen LogP contribution in [0.2, 0.25) is 0 Å². The molecule has 1 aromatic carbocycles. The number of rotatable bonds is 5. The molecule has 1 unspecified atom stereocenters. The topological polar surface area (TPSA) is 104 Å². The quantitative estimate of drug-likeness (QED) is 0.696. The number of carbonyl (C=O) groups excluding carboxylic acids is 2. The second-order valence-corrected chi connectivity index (χ2v) is 8.61. The van der Waals surface area contributed by atoms with E-state index in [-0.39, 0.29) is 11.8 Å². The highest BCUT2D eigenvalue weighted by molar-refractivity contribution is 6.10. The van der Waals surface area contributed by atoms with Crippen molar-refractivity contribution in [1.29, 1.82) is 0 Å². The summed E-state index contributed by atoms with van der Waals surface area (Å²) in [5.74, 6) is 1.72. The molecule has 0 aromatic heterocycles. The van der Waals surface area contributed by atoms with E-state index in [9.17, 15) is 9.59 Å². The van der Waals surface area contributed by atoms with Crippen LogP contribution in [-0.4, -0.2) is 85.5 Å². The summed E-state index contributed by atoms with van der Waals surface area (Å²) in [5.41, 5.74) is 7.82. The van der Waals surface area contributed by atoms with E-state index in [1.165, 1.54) is 0 Å². The molecule has 1 atom stereocenters. The highest BCUT2D eigenvalue weighted by Crippen LogP contribution is 2.27. The standard InChI is InChI=1S/C23H32N6O3/c1-25-21(30)15-28-10-5-16(6-11-28)14-29(20-7-9-27(2)23(24)26-20)22(31)18-3-4-19-17(13-18)8-12-32-19/h3-4,7,9,13,16,23H,5-6,8,10-12,14-15,24H2,1-2H3,(H,25,30). The SMILES string of the molecule is CNC(=O)CN1CCC(CN(C(=O)c2ccc3c(c2)CCO3)C2=NC(N)N(C)C=C2)CC1. The number of hydrogen-bond acceptors (Lipinski definition) is 7. The van der Waals surface area contributed by atoms with Gasteiger partial charge in [0.25, 0.3) is 5.91 Å². The molecule has 4 rings (SSSR count). The number of benzene rings is 1. The summed E-state index contributed by atoms with van der Waals surface area (Å²) in [6.07, 6.45) is 5.84. The molecule has 0 aliphatic carbocycles. The van der Waals surface area contributed by atoms with E-state index in [0.717, 1.165) is 43.7 Å². The Bertz CT molecular complexity index is 922. The largest absolute Gasteiger partial charge is 0.493 e. The molecule has 32 heavy (non-hydrogen) atoms. The summed E-state index contributed by atoms with van der Waals surface area (Å²) in [6, 6.07) is 5.64. The summed E-state index contributed by atoms with van der Waals surface area (Å²) in [6.45, 7) is 3.31. The number of hydrogen-bond donors (Lipinski definition) is 2. The van der Waals surface area contributed by atoms with Crippen molar-refractivity contribution in [3.63, 3.8) is 0 Å². The third kappa shape index (κ3) is 4.94. The first-order valence-corrected chi connectivity index (χ1v) is 11.2. The van der Waals surface area contributed by atoms with Gasteiger partial charge in [-0.2, -0.15) is 0 Å². The first kappa shape index (κ1) is 22.3. The Morgan fingerprint density at radius 2 is 2.09 bits per heavy atom. The molecule has 0 radical (unpaired) electrons. The molecular weight excluding hydrogens is 408 g/mol. The lowest BCUT2D eigenvalue weighted by Gasteiger charge is -2.35. The van der Waals surface area contributed by atoms with Gasteiger partial charge in [-0.05, 0) is 61.7 Å². The van der Waals surface area contributed by atoms with Gasteiger partial charge in [-0.3, -0.25) is 25.1 Å². The molecule has 1 saturated heterocycles. The predicted octanol–water partition coefficient (Wildman–Crippen LogP) is 0.622. The normalized spacial score (nSPS) is 21.0. The number of likely N-dealkylation sites (N-methyl/N-ethyl adjacent to an activating group) is 1. The number of likely N-dealkylation sites (tertiary alicyclic amines) is 1. The van der Waals surface area contributed by atoms with Crippen LogP contribution in [0.5, 0.6) is 5.75 Å². The molecule has 0 saturated carbocycles. The Morgan fingerprint density at radius 1 is 1.31 bits per heavy atom. The Morgan fingerprint density at radius 3 is 2.81 bits per heavy atom. The first-order chi connectivity index (χ1) is 15.4. The maximum atomic E-state index is 13.6. The number of piperidine rings is 1. The summed E-state index contributed by atoms with van der Waals surface area (Å²) in [7, 11) is 3.51. The fraction of sp³-hybridized carbons (Fsp3) is 0.522. The van der Waals surface area contributed by atoms with Gasteiger partial charge in [0.1, 0.15) is 11.6 Å². The summed E-state index contributed by atoms with van der Waals surface area (Å²) >= 11 is 0. The van der Waals surface area contributed by atoms with Crippen molar-refractivity contribution in [1.82, 2.24) is 20.0 Å². The number of nitrogens with two attached hydrogens (primary N) is 1. The van der Waals surface area contributed by atoms with Gasteiger partial charge in [0, 0.05) is 38.8 Å². The molecule has 9 nitrogen and oxygen atoms in total. The van der Waals surface area contributed by atoms with Crippen molar-refractivity contribution in [2.45, 2.75) is 25.6 Å². The number of nitrogens with one attached hydrogen (secondary N) is 1. The summed E-state index contributed by atoms with van der Waals surface area (Å²) in [4.78, 5) is 35.6. The van der Waals surface area contributed by atoms with E-state index in [1.807, 2.05) is 37.5 Å². The van der Waals surface area contributed by atoms with Crippen LogP contribution >= 0.6 is 0 Å². The van der Waals surface area contributed by atoms with E-state index < -0.39 is 6.29 Å². The number of carbonyl (C=O) groups is 2. The van der Waals surface area contributed by atoms with Gasteiger partial charge < -0.3 is 15.0 Å². The average Bonchev–Trinajstić information content (AvgIpc) is 3.28. The van der Waals surface area contributed by atoms with Gasteiger partial charge in [-0.25, -0.2) is 4.99 Å². The molecule has 1 fully saturated rings. The van der Waals surface area contributed by atoms with Crippen molar-refractivity contribution >= 4 is 17.6 Å². The van der Waals surface area contributed by atoms with Gasteiger partial charge in [0.05, 0.1) is 13.2 Å². The minimum Gasteiger partial charge on any atom is -0.493 e. The van der Waals surface area contributed by atoms with Crippen molar-refractivity contribution < 1.29 is 14.3 Å². The van der Waals surface area contributed by atoms with Crippen LogP contribution in [0.15, 0.2) is 35.5 Å². The maximum Gasteiger partial charge on any atom is 0.259 e. The second kappa shape index (κ2) is 9.70. The van der Waals surface area contributed by atoms with Crippen molar-refractivity contribution in [2.75, 3.05) is 46.9 Å². The third-order valence-electron chi connectivity index (χ3n) is 6.39. The molecule has 0 spiro atoms. The smallest absolute Gasteiger partial charge is 0.259 e. The van der Waals surface area contributed by atoms with Crippen LogP contribution < -0.4 is 15.8 Å². The number of ether oxygens (including phenoxy) is 1.